The topological polar surface area (TPSA) is 42.3 Å². The Morgan fingerprint density at radius 1 is 1.19 bits per heavy atom. The number of rotatable bonds is 2. The van der Waals surface area contributed by atoms with Gasteiger partial charge in [0.25, 0.3) is 0 Å². The quantitative estimate of drug-likeness (QED) is 0.805. The van der Waals surface area contributed by atoms with E-state index in [9.17, 15) is 0 Å². The average Bonchev–Trinajstić information content (AvgIpc) is 3.02. The number of fused-ring (bicyclic) bond motifs is 3. The lowest BCUT2D eigenvalue weighted by Crippen LogP contribution is -2.50. The summed E-state index contributed by atoms with van der Waals surface area (Å²) in [6.07, 6.45) is 9.23. The van der Waals surface area contributed by atoms with Crippen LogP contribution in [-0.4, -0.2) is 28.7 Å². The molecule has 3 aliphatic rings. The van der Waals surface area contributed by atoms with Crippen molar-refractivity contribution in [3.05, 3.63) is 41.6 Å². The van der Waals surface area contributed by atoms with E-state index in [1.165, 1.54) is 55.4 Å². The zero-order valence-corrected chi connectivity index (χ0v) is 15.6. The minimum atomic E-state index is 0.250. The van der Waals surface area contributed by atoms with Gasteiger partial charge in [0, 0.05) is 28.7 Å². The molecule has 0 aliphatic carbocycles. The SMILES string of the molecule is CCC1=C[C@]2(CC)CCCN3CCc4c(n1c1ccccc41)[C@@H]32.O=C=O. The molecule has 1 aromatic heterocycles. The Hall–Kier alpha value is -2.16. The van der Waals surface area contributed by atoms with Crippen LogP contribution in [0.5, 0.6) is 0 Å². The maximum absolute atomic E-state index is 8.12. The van der Waals surface area contributed by atoms with Gasteiger partial charge in [0.2, 0.25) is 0 Å². The molecular formula is C22H26N2O2. The molecule has 4 heteroatoms. The lowest BCUT2D eigenvalue weighted by molar-refractivity contribution is -0.191. The fourth-order valence-electron chi connectivity index (χ4n) is 5.65. The van der Waals surface area contributed by atoms with Gasteiger partial charge in [-0.15, -0.1) is 0 Å². The van der Waals surface area contributed by atoms with Crippen molar-refractivity contribution in [2.75, 3.05) is 13.1 Å². The molecule has 26 heavy (non-hydrogen) atoms. The molecule has 1 fully saturated rings. The monoisotopic (exact) mass is 350 g/mol. The van der Waals surface area contributed by atoms with Gasteiger partial charge in [-0.25, -0.2) is 0 Å². The number of hydrogen-bond donors (Lipinski definition) is 0. The molecule has 0 radical (unpaired) electrons. The van der Waals surface area contributed by atoms with Crippen LogP contribution >= 0.6 is 0 Å². The highest BCUT2D eigenvalue weighted by atomic mass is 16.2. The molecule has 4 nitrogen and oxygen atoms in total. The zero-order valence-electron chi connectivity index (χ0n) is 15.6. The molecule has 5 rings (SSSR count). The molecule has 0 unspecified atom stereocenters. The van der Waals surface area contributed by atoms with Crippen molar-refractivity contribution >= 4 is 22.8 Å². The summed E-state index contributed by atoms with van der Waals surface area (Å²) in [6, 6.07) is 9.68. The lowest BCUT2D eigenvalue weighted by atomic mass is 9.66. The Bertz CT molecular complexity index is 904. The Morgan fingerprint density at radius 3 is 2.69 bits per heavy atom. The van der Waals surface area contributed by atoms with Crippen molar-refractivity contribution < 1.29 is 9.59 Å². The third kappa shape index (κ3) is 2.26. The highest BCUT2D eigenvalue weighted by molar-refractivity contribution is 5.90. The Balaban J connectivity index is 0.000000527. The molecule has 136 valence electrons. The standard InChI is InChI=1S/C21H26N2.CO2/c1-3-15-14-21(4-2)11-7-12-22-13-10-17-16-8-5-6-9-18(16)23(15)19(17)20(21)22;2-1-3/h5-6,8-9,14,20H,3-4,7,10-13H2,1-2H3;/t20-,21+;/m1./s1. The predicted molar refractivity (Wildman–Crippen MR) is 101 cm³/mol. The molecule has 2 atom stereocenters. The third-order valence-electron chi connectivity index (χ3n) is 6.69. The van der Waals surface area contributed by atoms with Gasteiger partial charge in [-0.2, -0.15) is 9.59 Å². The van der Waals surface area contributed by atoms with E-state index >= 15 is 0 Å². The fourth-order valence-corrected chi connectivity index (χ4v) is 5.65. The van der Waals surface area contributed by atoms with E-state index in [2.05, 4.69) is 53.7 Å². The summed E-state index contributed by atoms with van der Waals surface area (Å²) in [6.45, 7) is 7.24. The van der Waals surface area contributed by atoms with E-state index in [-0.39, 0.29) is 6.15 Å². The molecule has 0 N–H and O–H groups in total. The fraction of sp³-hybridized carbons (Fsp3) is 0.500. The van der Waals surface area contributed by atoms with Crippen molar-refractivity contribution in [1.82, 2.24) is 9.47 Å². The van der Waals surface area contributed by atoms with Crippen LogP contribution in [0.1, 0.15) is 56.8 Å². The number of aromatic nitrogens is 1. The van der Waals surface area contributed by atoms with Crippen molar-refractivity contribution in [1.29, 1.82) is 0 Å². The van der Waals surface area contributed by atoms with Crippen LogP contribution in [-0.2, 0) is 16.0 Å². The maximum Gasteiger partial charge on any atom is 0.373 e. The summed E-state index contributed by atoms with van der Waals surface area (Å²) < 4.78 is 2.63. The minimum absolute atomic E-state index is 0.250. The molecule has 4 heterocycles. The van der Waals surface area contributed by atoms with E-state index < -0.39 is 0 Å². The first-order chi connectivity index (χ1) is 12.7. The largest absolute Gasteiger partial charge is 0.373 e. The van der Waals surface area contributed by atoms with Crippen molar-refractivity contribution in [2.45, 2.75) is 52.0 Å². The number of benzene rings is 1. The summed E-state index contributed by atoms with van der Waals surface area (Å²) in [5.41, 5.74) is 6.61. The zero-order chi connectivity index (χ0) is 18.3. The molecule has 2 aromatic rings. The Kier molecular flexibility index (Phi) is 4.34. The summed E-state index contributed by atoms with van der Waals surface area (Å²) in [5, 5.41) is 1.50. The van der Waals surface area contributed by atoms with Crippen LogP contribution in [0.3, 0.4) is 0 Å². The van der Waals surface area contributed by atoms with Crippen molar-refractivity contribution in [3.63, 3.8) is 0 Å². The maximum atomic E-state index is 8.12. The van der Waals surface area contributed by atoms with Crippen LogP contribution in [0, 0.1) is 5.41 Å². The van der Waals surface area contributed by atoms with E-state index in [1.54, 1.807) is 11.3 Å². The summed E-state index contributed by atoms with van der Waals surface area (Å²) in [4.78, 5) is 19.0. The van der Waals surface area contributed by atoms with Crippen LogP contribution in [0.15, 0.2) is 30.3 Å². The van der Waals surface area contributed by atoms with E-state index in [1.807, 2.05) is 0 Å². The minimum Gasteiger partial charge on any atom is -0.316 e. The van der Waals surface area contributed by atoms with Gasteiger partial charge in [0.15, 0.2) is 0 Å². The molecule has 1 aromatic carbocycles. The molecule has 0 saturated carbocycles. The smallest absolute Gasteiger partial charge is 0.316 e. The van der Waals surface area contributed by atoms with Crippen LogP contribution < -0.4 is 0 Å². The number of carbonyl (C=O) groups excluding carboxylic acids is 2. The van der Waals surface area contributed by atoms with Crippen LogP contribution in [0.4, 0.5) is 0 Å². The van der Waals surface area contributed by atoms with Gasteiger partial charge < -0.3 is 4.57 Å². The van der Waals surface area contributed by atoms with E-state index in [0.29, 0.717) is 11.5 Å². The Labute approximate surface area is 154 Å². The van der Waals surface area contributed by atoms with Gasteiger partial charge in [-0.05, 0) is 50.3 Å². The first-order valence-electron chi connectivity index (χ1n) is 9.78. The molecule has 1 saturated heterocycles. The van der Waals surface area contributed by atoms with Crippen LogP contribution in [0.25, 0.3) is 16.6 Å². The second kappa shape index (κ2) is 6.53. The molecule has 0 bridgehead atoms. The van der Waals surface area contributed by atoms with Crippen molar-refractivity contribution in [2.24, 2.45) is 5.41 Å². The molecule has 3 aliphatic heterocycles. The summed E-state index contributed by atoms with van der Waals surface area (Å²) in [5.74, 6) is 0. The lowest BCUT2D eigenvalue weighted by Gasteiger charge is -2.53. The number of para-hydroxylation sites is 1. The molecule has 0 amide bonds. The van der Waals surface area contributed by atoms with Gasteiger partial charge in [-0.1, -0.05) is 38.1 Å². The normalized spacial score (nSPS) is 26.4. The average molecular weight is 350 g/mol. The Morgan fingerprint density at radius 2 is 1.96 bits per heavy atom. The number of piperidine rings is 1. The highest BCUT2D eigenvalue weighted by Crippen LogP contribution is 2.57. The number of hydrogen-bond acceptors (Lipinski definition) is 3. The van der Waals surface area contributed by atoms with Crippen LogP contribution in [0.2, 0.25) is 0 Å². The van der Waals surface area contributed by atoms with Gasteiger partial charge in [0.1, 0.15) is 0 Å². The van der Waals surface area contributed by atoms with Gasteiger partial charge in [-0.3, -0.25) is 4.90 Å². The summed E-state index contributed by atoms with van der Waals surface area (Å²) >= 11 is 0. The predicted octanol–water partition coefficient (Wildman–Crippen LogP) is 4.41. The second-order valence-corrected chi connectivity index (χ2v) is 7.67. The highest BCUT2D eigenvalue weighted by Gasteiger charge is 2.49. The van der Waals surface area contributed by atoms with E-state index in [0.717, 1.165) is 6.42 Å². The number of nitrogens with zero attached hydrogens (tertiary/aromatic N) is 2. The molecule has 0 spiro atoms. The third-order valence-corrected chi connectivity index (χ3v) is 6.69. The second-order valence-electron chi connectivity index (χ2n) is 7.67. The first kappa shape index (κ1) is 17.3. The molecular weight excluding hydrogens is 324 g/mol. The summed E-state index contributed by atoms with van der Waals surface area (Å²) in [7, 11) is 0. The van der Waals surface area contributed by atoms with Gasteiger partial charge >= 0.3 is 6.15 Å². The van der Waals surface area contributed by atoms with Crippen molar-refractivity contribution in [3.8, 4) is 0 Å². The first-order valence-corrected chi connectivity index (χ1v) is 9.78. The van der Waals surface area contributed by atoms with E-state index in [4.69, 9.17) is 9.59 Å². The van der Waals surface area contributed by atoms with Gasteiger partial charge in [0.05, 0.1) is 11.6 Å². The number of allylic oxidation sites excluding steroid dienone is 1.